The molecule has 0 fully saturated rings. The third-order valence-corrected chi connectivity index (χ3v) is 4.67. The molecule has 0 saturated heterocycles. The van der Waals surface area contributed by atoms with E-state index >= 15 is 0 Å². The van der Waals surface area contributed by atoms with Gasteiger partial charge in [0.1, 0.15) is 5.75 Å². The first-order valence-corrected chi connectivity index (χ1v) is 9.66. The lowest BCUT2D eigenvalue weighted by Crippen LogP contribution is -2.18. The van der Waals surface area contributed by atoms with Crippen molar-refractivity contribution in [1.29, 1.82) is 0 Å². The summed E-state index contributed by atoms with van der Waals surface area (Å²) in [4.78, 5) is 28.8. The van der Waals surface area contributed by atoms with Gasteiger partial charge >= 0.3 is 5.97 Å². The summed E-state index contributed by atoms with van der Waals surface area (Å²) in [7, 11) is 0. The molecular formula is C25H19N3O3. The minimum absolute atomic E-state index is 0.351. The summed E-state index contributed by atoms with van der Waals surface area (Å²) in [5, 5.41) is 5.88. The Morgan fingerprint density at radius 3 is 2.61 bits per heavy atom. The van der Waals surface area contributed by atoms with Crippen molar-refractivity contribution in [1.82, 2.24) is 10.4 Å². The number of hydrazone groups is 1. The van der Waals surface area contributed by atoms with Gasteiger partial charge in [-0.2, -0.15) is 5.10 Å². The highest BCUT2D eigenvalue weighted by Gasteiger charge is 2.14. The number of carbonyl (C=O) groups excluding carboxylic acids is 2. The Labute approximate surface area is 179 Å². The summed E-state index contributed by atoms with van der Waals surface area (Å²) in [6, 6.07) is 21.8. The molecule has 0 unspecified atom stereocenters. The highest BCUT2D eigenvalue weighted by Crippen LogP contribution is 2.27. The number of hydrogen-bond donors (Lipinski definition) is 1. The van der Waals surface area contributed by atoms with Crippen LogP contribution in [0.1, 0.15) is 31.8 Å². The predicted molar refractivity (Wildman–Crippen MR) is 119 cm³/mol. The number of nitrogens with zero attached hydrogens (tertiary/aromatic N) is 2. The van der Waals surface area contributed by atoms with E-state index in [1.165, 1.54) is 12.4 Å². The average molecular weight is 409 g/mol. The van der Waals surface area contributed by atoms with Crippen molar-refractivity contribution >= 4 is 28.9 Å². The van der Waals surface area contributed by atoms with E-state index in [9.17, 15) is 9.59 Å². The number of hydrogen-bond acceptors (Lipinski definition) is 5. The first-order chi connectivity index (χ1) is 15.1. The van der Waals surface area contributed by atoms with Crippen LogP contribution in [-0.2, 0) is 0 Å². The summed E-state index contributed by atoms with van der Waals surface area (Å²) in [5.74, 6) is -0.500. The number of carbonyl (C=O) groups is 2. The van der Waals surface area contributed by atoms with Crippen molar-refractivity contribution in [3.05, 3.63) is 107 Å². The number of rotatable bonds is 5. The number of amides is 1. The van der Waals surface area contributed by atoms with Crippen LogP contribution in [0, 0.1) is 6.92 Å². The molecule has 4 rings (SSSR count). The summed E-state index contributed by atoms with van der Waals surface area (Å²) < 4.78 is 5.68. The highest BCUT2D eigenvalue weighted by molar-refractivity contribution is 6.04. The molecule has 0 aliphatic rings. The van der Waals surface area contributed by atoms with Crippen LogP contribution in [0.4, 0.5) is 0 Å². The largest absolute Gasteiger partial charge is 0.422 e. The van der Waals surface area contributed by atoms with E-state index in [2.05, 4.69) is 15.5 Å². The summed E-state index contributed by atoms with van der Waals surface area (Å²) in [5.41, 5.74) is 4.89. The molecule has 31 heavy (non-hydrogen) atoms. The molecule has 0 saturated carbocycles. The second kappa shape index (κ2) is 9.00. The summed E-state index contributed by atoms with van der Waals surface area (Å²) in [6.45, 7) is 1.91. The Morgan fingerprint density at radius 1 is 0.968 bits per heavy atom. The molecule has 4 aromatic rings. The second-order valence-corrected chi connectivity index (χ2v) is 6.90. The Kier molecular flexibility index (Phi) is 5.80. The van der Waals surface area contributed by atoms with Crippen LogP contribution in [0.5, 0.6) is 5.75 Å². The van der Waals surface area contributed by atoms with Crippen molar-refractivity contribution in [3.63, 3.8) is 0 Å². The molecule has 0 atom stereocenters. The number of esters is 1. The maximum absolute atomic E-state index is 12.7. The molecule has 0 aliphatic carbocycles. The maximum Gasteiger partial charge on any atom is 0.343 e. The summed E-state index contributed by atoms with van der Waals surface area (Å²) in [6.07, 6.45) is 4.53. The van der Waals surface area contributed by atoms with Crippen LogP contribution in [0.2, 0.25) is 0 Å². The molecule has 0 spiro atoms. The topological polar surface area (TPSA) is 80.6 Å². The first-order valence-electron chi connectivity index (χ1n) is 9.66. The summed E-state index contributed by atoms with van der Waals surface area (Å²) >= 11 is 0. The minimum atomic E-state index is -0.465. The van der Waals surface area contributed by atoms with Gasteiger partial charge in [-0.3, -0.25) is 9.78 Å². The van der Waals surface area contributed by atoms with Crippen molar-refractivity contribution in [2.75, 3.05) is 0 Å². The van der Waals surface area contributed by atoms with Gasteiger partial charge < -0.3 is 4.74 Å². The third kappa shape index (κ3) is 4.64. The van der Waals surface area contributed by atoms with Crippen LogP contribution in [0.25, 0.3) is 10.8 Å². The fraction of sp³-hybridized carbons (Fsp3) is 0.0400. The SMILES string of the molecule is Cc1cccc(C(=O)Oc2ccc3ccccc3c2/C=N/NC(=O)c2cccnc2)c1. The zero-order chi connectivity index (χ0) is 21.6. The first kappa shape index (κ1) is 20.0. The number of aromatic nitrogens is 1. The van der Waals surface area contributed by atoms with Crippen LogP contribution in [0.15, 0.2) is 90.3 Å². The number of fused-ring (bicyclic) bond motifs is 1. The molecule has 1 N–H and O–H groups in total. The molecule has 1 amide bonds. The van der Waals surface area contributed by atoms with Gasteiger partial charge in [-0.1, -0.05) is 48.0 Å². The Balaban J connectivity index is 1.64. The standard InChI is InChI=1S/C25H19N3O3/c1-17-6-4-8-19(14-17)25(30)31-23-12-11-18-7-2-3-10-21(18)22(23)16-27-28-24(29)20-9-5-13-26-15-20/h2-16H,1H3,(H,28,29)/b27-16+. The molecule has 3 aromatic carbocycles. The van der Waals surface area contributed by atoms with Gasteiger partial charge in [0, 0.05) is 18.0 Å². The van der Waals surface area contributed by atoms with Gasteiger partial charge in [0.25, 0.3) is 5.91 Å². The van der Waals surface area contributed by atoms with E-state index < -0.39 is 5.97 Å². The Hall–Kier alpha value is -4.32. The van der Waals surface area contributed by atoms with Gasteiger partial charge in [-0.15, -0.1) is 0 Å². The van der Waals surface area contributed by atoms with Gasteiger partial charge in [0.2, 0.25) is 0 Å². The van der Waals surface area contributed by atoms with Gasteiger partial charge in [-0.25, -0.2) is 10.2 Å². The number of aryl methyl sites for hydroxylation is 1. The van der Waals surface area contributed by atoms with E-state index in [4.69, 9.17) is 4.74 Å². The minimum Gasteiger partial charge on any atom is -0.422 e. The lowest BCUT2D eigenvalue weighted by Gasteiger charge is -2.11. The maximum atomic E-state index is 12.7. The van der Waals surface area contributed by atoms with Crippen molar-refractivity contribution < 1.29 is 14.3 Å². The van der Waals surface area contributed by atoms with E-state index in [-0.39, 0.29) is 5.91 Å². The smallest absolute Gasteiger partial charge is 0.343 e. The molecular weight excluding hydrogens is 390 g/mol. The zero-order valence-corrected chi connectivity index (χ0v) is 16.8. The van der Waals surface area contributed by atoms with Gasteiger partial charge in [-0.05, 0) is 48.0 Å². The Bertz CT molecular complexity index is 1280. The molecule has 0 aliphatic heterocycles. The van der Waals surface area contributed by atoms with Crippen LogP contribution in [0.3, 0.4) is 0 Å². The molecule has 1 heterocycles. The van der Waals surface area contributed by atoms with Crippen molar-refractivity contribution in [2.24, 2.45) is 5.10 Å². The van der Waals surface area contributed by atoms with E-state index in [0.717, 1.165) is 16.3 Å². The number of ether oxygens (including phenoxy) is 1. The predicted octanol–water partition coefficient (Wildman–Crippen LogP) is 4.53. The monoisotopic (exact) mass is 409 g/mol. The van der Waals surface area contributed by atoms with Crippen LogP contribution in [-0.4, -0.2) is 23.1 Å². The van der Waals surface area contributed by atoms with Crippen molar-refractivity contribution in [2.45, 2.75) is 6.92 Å². The Morgan fingerprint density at radius 2 is 1.81 bits per heavy atom. The van der Waals surface area contributed by atoms with E-state index in [1.807, 2.05) is 49.4 Å². The molecule has 152 valence electrons. The average Bonchev–Trinajstić information content (AvgIpc) is 2.80. The highest BCUT2D eigenvalue weighted by atomic mass is 16.5. The molecule has 1 aromatic heterocycles. The number of benzene rings is 3. The zero-order valence-electron chi connectivity index (χ0n) is 16.8. The third-order valence-electron chi connectivity index (χ3n) is 4.67. The molecule has 0 radical (unpaired) electrons. The van der Waals surface area contributed by atoms with Crippen molar-refractivity contribution in [3.8, 4) is 5.75 Å². The fourth-order valence-electron chi connectivity index (χ4n) is 3.15. The number of pyridine rings is 1. The quantitative estimate of drug-likeness (QED) is 0.227. The lowest BCUT2D eigenvalue weighted by molar-refractivity contribution is 0.0734. The number of nitrogens with one attached hydrogen (secondary N) is 1. The molecule has 0 bridgehead atoms. The van der Waals surface area contributed by atoms with Gasteiger partial charge in [0.15, 0.2) is 0 Å². The van der Waals surface area contributed by atoms with E-state index in [1.54, 1.807) is 36.5 Å². The molecule has 6 heteroatoms. The van der Waals surface area contributed by atoms with Crippen LogP contribution >= 0.6 is 0 Å². The lowest BCUT2D eigenvalue weighted by atomic mass is 10.0. The second-order valence-electron chi connectivity index (χ2n) is 6.90. The molecule has 6 nitrogen and oxygen atoms in total. The van der Waals surface area contributed by atoms with Gasteiger partial charge in [0.05, 0.1) is 17.3 Å². The fourth-order valence-corrected chi connectivity index (χ4v) is 3.15. The van der Waals surface area contributed by atoms with E-state index in [0.29, 0.717) is 22.4 Å². The van der Waals surface area contributed by atoms with Crippen LogP contribution < -0.4 is 10.2 Å². The normalized spacial score (nSPS) is 10.9.